The van der Waals surface area contributed by atoms with Crippen molar-refractivity contribution >= 4 is 11.7 Å². The molecule has 0 aliphatic rings. The average molecular weight is 215 g/mol. The van der Waals surface area contributed by atoms with Gasteiger partial charge in [-0.05, 0) is 6.42 Å². The summed E-state index contributed by atoms with van der Waals surface area (Å²) in [6.45, 7) is 4.81. The highest BCUT2D eigenvalue weighted by Gasteiger charge is 2.08. The smallest absolute Gasteiger partial charge is 0.220 e. The molecule has 0 aromatic heterocycles. The molecule has 0 saturated carbocycles. The molecule has 0 unspecified atom stereocenters. The molecule has 0 aromatic rings. The van der Waals surface area contributed by atoms with Gasteiger partial charge in [0, 0.05) is 32.4 Å². The van der Waals surface area contributed by atoms with Crippen LogP contribution in [0.15, 0.2) is 0 Å². The van der Waals surface area contributed by atoms with Gasteiger partial charge in [-0.25, -0.2) is 0 Å². The molecule has 0 fully saturated rings. The second-order valence-corrected chi connectivity index (χ2v) is 3.82. The molecule has 0 spiro atoms. The van der Waals surface area contributed by atoms with E-state index in [1.165, 1.54) is 0 Å². The maximum Gasteiger partial charge on any atom is 0.220 e. The van der Waals surface area contributed by atoms with Gasteiger partial charge in [0.2, 0.25) is 5.91 Å². The summed E-state index contributed by atoms with van der Waals surface area (Å²) >= 11 is 0. The van der Waals surface area contributed by atoms with E-state index in [2.05, 4.69) is 5.32 Å². The van der Waals surface area contributed by atoms with Crippen molar-refractivity contribution in [1.29, 1.82) is 0 Å². The lowest BCUT2D eigenvalue weighted by atomic mass is 10.0. The Morgan fingerprint density at radius 3 is 2.47 bits per heavy atom. The Kier molecular flexibility index (Phi) is 7.91. The molecule has 0 saturated heterocycles. The van der Waals surface area contributed by atoms with E-state index < -0.39 is 0 Å². The third-order valence-electron chi connectivity index (χ3n) is 2.10. The zero-order valence-electron chi connectivity index (χ0n) is 9.84. The van der Waals surface area contributed by atoms with Crippen LogP contribution in [0.1, 0.15) is 33.1 Å². The molecular formula is C11H21NO3. The average Bonchev–Trinajstić information content (AvgIpc) is 2.18. The topological polar surface area (TPSA) is 55.4 Å². The fourth-order valence-corrected chi connectivity index (χ4v) is 1.09. The van der Waals surface area contributed by atoms with Gasteiger partial charge in [0.05, 0.1) is 6.61 Å². The van der Waals surface area contributed by atoms with Crippen LogP contribution in [0.4, 0.5) is 0 Å². The molecule has 4 nitrogen and oxygen atoms in total. The Hall–Kier alpha value is -0.900. The normalized spacial score (nSPS) is 10.4. The Balaban J connectivity index is 3.42. The monoisotopic (exact) mass is 215 g/mol. The highest BCUT2D eigenvalue weighted by Crippen LogP contribution is 2.03. The molecule has 15 heavy (non-hydrogen) atoms. The maximum absolute atomic E-state index is 11.2. The number of hydrogen-bond donors (Lipinski definition) is 1. The quantitative estimate of drug-likeness (QED) is 0.618. The van der Waals surface area contributed by atoms with E-state index in [0.29, 0.717) is 32.4 Å². The van der Waals surface area contributed by atoms with Crippen molar-refractivity contribution in [3.8, 4) is 0 Å². The van der Waals surface area contributed by atoms with Crippen molar-refractivity contribution in [3.05, 3.63) is 0 Å². The molecule has 0 aliphatic heterocycles. The number of nitrogens with one attached hydrogen (secondary N) is 1. The van der Waals surface area contributed by atoms with Gasteiger partial charge >= 0.3 is 0 Å². The second kappa shape index (κ2) is 8.41. The van der Waals surface area contributed by atoms with Crippen molar-refractivity contribution in [2.45, 2.75) is 33.1 Å². The molecule has 0 radical (unpaired) electrons. The number of hydrogen-bond acceptors (Lipinski definition) is 3. The predicted molar refractivity (Wildman–Crippen MR) is 58.6 cm³/mol. The largest absolute Gasteiger partial charge is 0.383 e. The minimum Gasteiger partial charge on any atom is -0.383 e. The number of ether oxygens (including phenoxy) is 1. The summed E-state index contributed by atoms with van der Waals surface area (Å²) in [5.74, 6) is 0.282. The molecule has 1 N–H and O–H groups in total. The molecule has 1 amide bonds. The van der Waals surface area contributed by atoms with Gasteiger partial charge in [-0.2, -0.15) is 0 Å². The van der Waals surface area contributed by atoms with E-state index in [4.69, 9.17) is 4.74 Å². The zero-order chi connectivity index (χ0) is 11.7. The van der Waals surface area contributed by atoms with E-state index in [1.54, 1.807) is 7.11 Å². The molecule has 0 rings (SSSR count). The Morgan fingerprint density at radius 1 is 1.27 bits per heavy atom. The van der Waals surface area contributed by atoms with Crippen LogP contribution in [-0.4, -0.2) is 32.0 Å². The minimum atomic E-state index is -0.0105. The van der Waals surface area contributed by atoms with E-state index in [-0.39, 0.29) is 17.6 Å². The SMILES string of the molecule is COCCNC(=O)CCCC(=O)C(C)C. The number of ketones is 1. The van der Waals surface area contributed by atoms with E-state index in [9.17, 15) is 9.59 Å². The summed E-state index contributed by atoms with van der Waals surface area (Å²) in [5.41, 5.74) is 0. The Morgan fingerprint density at radius 2 is 1.93 bits per heavy atom. The molecule has 4 heteroatoms. The van der Waals surface area contributed by atoms with E-state index in [1.807, 2.05) is 13.8 Å². The summed E-state index contributed by atoms with van der Waals surface area (Å²) in [7, 11) is 1.59. The van der Waals surface area contributed by atoms with Crippen molar-refractivity contribution in [3.63, 3.8) is 0 Å². The molecule has 0 atom stereocenters. The Bertz CT molecular complexity index is 202. The fraction of sp³-hybridized carbons (Fsp3) is 0.818. The third kappa shape index (κ3) is 8.12. The lowest BCUT2D eigenvalue weighted by Crippen LogP contribution is -2.26. The van der Waals surface area contributed by atoms with Gasteiger partial charge in [0.1, 0.15) is 5.78 Å². The maximum atomic E-state index is 11.2. The summed E-state index contributed by atoms with van der Waals surface area (Å²) < 4.78 is 4.80. The van der Waals surface area contributed by atoms with E-state index >= 15 is 0 Å². The van der Waals surface area contributed by atoms with Gasteiger partial charge in [-0.15, -0.1) is 0 Å². The summed E-state index contributed by atoms with van der Waals surface area (Å²) in [4.78, 5) is 22.4. The zero-order valence-corrected chi connectivity index (χ0v) is 9.84. The lowest BCUT2D eigenvalue weighted by Gasteiger charge is -2.05. The number of rotatable bonds is 8. The number of carbonyl (C=O) groups is 2. The van der Waals surface area contributed by atoms with Crippen LogP contribution in [0, 0.1) is 5.92 Å². The van der Waals surface area contributed by atoms with Crippen LogP contribution in [0.2, 0.25) is 0 Å². The van der Waals surface area contributed by atoms with Crippen LogP contribution in [-0.2, 0) is 14.3 Å². The summed E-state index contributed by atoms with van der Waals surface area (Å²) in [6, 6.07) is 0. The van der Waals surface area contributed by atoms with Crippen molar-refractivity contribution in [2.24, 2.45) is 5.92 Å². The van der Waals surface area contributed by atoms with Crippen LogP contribution < -0.4 is 5.32 Å². The number of amides is 1. The lowest BCUT2D eigenvalue weighted by molar-refractivity contribution is -0.123. The van der Waals surface area contributed by atoms with Gasteiger partial charge < -0.3 is 10.1 Å². The third-order valence-corrected chi connectivity index (χ3v) is 2.10. The summed E-state index contributed by atoms with van der Waals surface area (Å²) in [6.07, 6.45) is 1.55. The molecule has 88 valence electrons. The van der Waals surface area contributed by atoms with E-state index in [0.717, 1.165) is 0 Å². The highest BCUT2D eigenvalue weighted by molar-refractivity contribution is 5.81. The first-order valence-corrected chi connectivity index (χ1v) is 5.36. The first-order valence-electron chi connectivity index (χ1n) is 5.36. The number of methoxy groups -OCH3 is 1. The van der Waals surface area contributed by atoms with Gasteiger partial charge in [-0.3, -0.25) is 9.59 Å². The molecule has 0 heterocycles. The van der Waals surface area contributed by atoms with Gasteiger partial charge in [0.15, 0.2) is 0 Å². The van der Waals surface area contributed by atoms with Crippen LogP contribution >= 0.6 is 0 Å². The number of carbonyl (C=O) groups excluding carboxylic acids is 2. The second-order valence-electron chi connectivity index (χ2n) is 3.82. The highest BCUT2D eigenvalue weighted by atomic mass is 16.5. The van der Waals surface area contributed by atoms with Gasteiger partial charge in [0.25, 0.3) is 0 Å². The van der Waals surface area contributed by atoms with Crippen molar-refractivity contribution < 1.29 is 14.3 Å². The molecule has 0 bridgehead atoms. The molecule has 0 aliphatic carbocycles. The number of Topliss-reactive ketones (excluding diaryl/α,β-unsaturated/α-hetero) is 1. The minimum absolute atomic E-state index is 0.0105. The van der Waals surface area contributed by atoms with Crippen LogP contribution in [0.25, 0.3) is 0 Å². The van der Waals surface area contributed by atoms with Crippen molar-refractivity contribution in [1.82, 2.24) is 5.32 Å². The Labute approximate surface area is 91.4 Å². The van der Waals surface area contributed by atoms with Crippen molar-refractivity contribution in [2.75, 3.05) is 20.3 Å². The summed E-state index contributed by atoms with van der Waals surface area (Å²) in [5, 5.41) is 2.71. The fourth-order valence-electron chi connectivity index (χ4n) is 1.09. The van der Waals surface area contributed by atoms with Crippen LogP contribution in [0.3, 0.4) is 0 Å². The first-order chi connectivity index (χ1) is 7.07. The standard InChI is InChI=1S/C11H21NO3/c1-9(2)10(13)5-4-6-11(14)12-7-8-15-3/h9H,4-8H2,1-3H3,(H,12,14). The predicted octanol–water partition coefficient (Wildman–Crippen LogP) is 1.14. The molecular weight excluding hydrogens is 194 g/mol. The van der Waals surface area contributed by atoms with Gasteiger partial charge in [-0.1, -0.05) is 13.8 Å². The first kappa shape index (κ1) is 14.1. The molecule has 0 aromatic carbocycles. The van der Waals surface area contributed by atoms with Crippen LogP contribution in [0.5, 0.6) is 0 Å².